The van der Waals surface area contributed by atoms with Crippen molar-refractivity contribution < 1.29 is 9.66 Å². The van der Waals surface area contributed by atoms with Gasteiger partial charge < -0.3 is 4.74 Å². The molecule has 1 aromatic carbocycles. The third-order valence-electron chi connectivity index (χ3n) is 3.00. The lowest BCUT2D eigenvalue weighted by Crippen LogP contribution is -2.35. The molecule has 17 heavy (non-hydrogen) atoms. The highest BCUT2D eigenvalue weighted by Gasteiger charge is 2.19. The van der Waals surface area contributed by atoms with Crippen molar-refractivity contribution in [2.45, 2.75) is 13.5 Å². The summed E-state index contributed by atoms with van der Waals surface area (Å²) in [5, 5.41) is 11.0. The van der Waals surface area contributed by atoms with Crippen LogP contribution in [0, 0.1) is 17.0 Å². The lowest BCUT2D eigenvalue weighted by molar-refractivity contribution is -0.386. The Balaban J connectivity index is 2.19. The Morgan fingerprint density at radius 2 is 2.12 bits per heavy atom. The number of hydrogen-bond donors (Lipinski definition) is 0. The molecule has 1 heterocycles. The molecule has 1 saturated heterocycles. The van der Waals surface area contributed by atoms with Crippen LogP contribution in [0.2, 0.25) is 0 Å². The average molecular weight is 236 g/mol. The van der Waals surface area contributed by atoms with Crippen molar-refractivity contribution in [3.63, 3.8) is 0 Å². The monoisotopic (exact) mass is 236 g/mol. The van der Waals surface area contributed by atoms with E-state index in [0.29, 0.717) is 19.8 Å². The first-order valence-electron chi connectivity index (χ1n) is 5.71. The number of nitrogens with zero attached hydrogens (tertiary/aromatic N) is 2. The molecule has 0 aliphatic carbocycles. The SMILES string of the molecule is Cc1cccc(CN2CCOCC2)c1[N+](=O)[O-]. The molecule has 0 radical (unpaired) electrons. The van der Waals surface area contributed by atoms with E-state index >= 15 is 0 Å². The third kappa shape index (κ3) is 2.81. The molecule has 0 atom stereocenters. The quantitative estimate of drug-likeness (QED) is 0.592. The van der Waals surface area contributed by atoms with Crippen molar-refractivity contribution in [3.05, 3.63) is 39.4 Å². The van der Waals surface area contributed by atoms with Crippen LogP contribution in [-0.2, 0) is 11.3 Å². The lowest BCUT2D eigenvalue weighted by atomic mass is 10.1. The molecule has 0 bridgehead atoms. The number of nitro groups is 1. The number of nitro benzene ring substituents is 1. The molecule has 0 saturated carbocycles. The maximum Gasteiger partial charge on any atom is 0.276 e. The summed E-state index contributed by atoms with van der Waals surface area (Å²) in [6.45, 7) is 5.50. The molecule has 0 amide bonds. The fraction of sp³-hybridized carbons (Fsp3) is 0.500. The smallest absolute Gasteiger partial charge is 0.276 e. The average Bonchev–Trinajstić information content (AvgIpc) is 2.30. The van der Waals surface area contributed by atoms with E-state index in [9.17, 15) is 10.1 Å². The van der Waals surface area contributed by atoms with Crippen LogP contribution in [-0.4, -0.2) is 36.1 Å². The maximum absolute atomic E-state index is 11.0. The van der Waals surface area contributed by atoms with Crippen LogP contribution in [0.1, 0.15) is 11.1 Å². The summed E-state index contributed by atoms with van der Waals surface area (Å²) in [6, 6.07) is 5.49. The minimum Gasteiger partial charge on any atom is -0.379 e. The van der Waals surface area contributed by atoms with Crippen LogP contribution in [0.15, 0.2) is 18.2 Å². The Morgan fingerprint density at radius 3 is 2.76 bits per heavy atom. The molecule has 2 rings (SSSR count). The molecule has 92 valence electrons. The number of ether oxygens (including phenoxy) is 1. The van der Waals surface area contributed by atoms with Gasteiger partial charge in [-0.1, -0.05) is 18.2 Å². The number of hydrogen-bond acceptors (Lipinski definition) is 4. The molecule has 1 aliphatic heterocycles. The number of morpholine rings is 1. The van der Waals surface area contributed by atoms with E-state index in [1.54, 1.807) is 13.0 Å². The molecule has 1 fully saturated rings. The summed E-state index contributed by atoms with van der Waals surface area (Å²) in [5.41, 5.74) is 1.76. The molecule has 1 aliphatic rings. The molecule has 5 nitrogen and oxygen atoms in total. The summed E-state index contributed by atoms with van der Waals surface area (Å²) in [6.07, 6.45) is 0. The Kier molecular flexibility index (Phi) is 3.71. The molecule has 1 aromatic rings. The topological polar surface area (TPSA) is 55.6 Å². The summed E-state index contributed by atoms with van der Waals surface area (Å²) in [7, 11) is 0. The van der Waals surface area contributed by atoms with Gasteiger partial charge in [0, 0.05) is 30.8 Å². The second-order valence-corrected chi connectivity index (χ2v) is 4.23. The van der Waals surface area contributed by atoms with E-state index in [4.69, 9.17) is 4.74 Å². The van der Waals surface area contributed by atoms with Gasteiger partial charge >= 0.3 is 0 Å². The number of rotatable bonds is 3. The minimum absolute atomic E-state index is 0.249. The van der Waals surface area contributed by atoms with Crippen LogP contribution >= 0.6 is 0 Å². The van der Waals surface area contributed by atoms with Gasteiger partial charge in [-0.2, -0.15) is 0 Å². The second kappa shape index (κ2) is 5.25. The van der Waals surface area contributed by atoms with Crippen molar-refractivity contribution in [2.24, 2.45) is 0 Å². The Labute approximate surface area is 100 Å². The van der Waals surface area contributed by atoms with Crippen molar-refractivity contribution >= 4 is 5.69 Å². The predicted molar refractivity (Wildman–Crippen MR) is 63.9 cm³/mol. The molecule has 0 spiro atoms. The first kappa shape index (κ1) is 12.0. The van der Waals surface area contributed by atoms with E-state index in [0.717, 1.165) is 24.2 Å². The Morgan fingerprint density at radius 1 is 1.41 bits per heavy atom. The van der Waals surface area contributed by atoms with Crippen LogP contribution < -0.4 is 0 Å². The van der Waals surface area contributed by atoms with E-state index in [2.05, 4.69) is 4.90 Å². The number of aryl methyl sites for hydroxylation is 1. The van der Waals surface area contributed by atoms with Gasteiger partial charge in [0.05, 0.1) is 18.1 Å². The largest absolute Gasteiger partial charge is 0.379 e. The van der Waals surface area contributed by atoms with Gasteiger partial charge in [-0.3, -0.25) is 15.0 Å². The van der Waals surface area contributed by atoms with Crippen molar-refractivity contribution in [1.82, 2.24) is 4.90 Å². The highest BCUT2D eigenvalue weighted by molar-refractivity contribution is 5.46. The minimum atomic E-state index is -0.287. The Hall–Kier alpha value is -1.46. The Bertz CT molecular complexity index is 414. The van der Waals surface area contributed by atoms with Crippen LogP contribution in [0.25, 0.3) is 0 Å². The van der Waals surface area contributed by atoms with Crippen molar-refractivity contribution in [3.8, 4) is 0 Å². The first-order chi connectivity index (χ1) is 8.18. The third-order valence-corrected chi connectivity index (χ3v) is 3.00. The summed E-state index contributed by atoms with van der Waals surface area (Å²) in [4.78, 5) is 12.9. The normalized spacial score (nSPS) is 17.0. The standard InChI is InChI=1S/C12H16N2O3/c1-10-3-2-4-11(12(10)14(15)16)9-13-5-7-17-8-6-13/h2-4H,5-9H2,1H3. The van der Waals surface area contributed by atoms with E-state index in [-0.39, 0.29) is 10.6 Å². The van der Waals surface area contributed by atoms with Gasteiger partial charge in [0.25, 0.3) is 5.69 Å². The van der Waals surface area contributed by atoms with E-state index < -0.39 is 0 Å². The molecule has 0 unspecified atom stereocenters. The zero-order valence-corrected chi connectivity index (χ0v) is 9.89. The molecule has 0 N–H and O–H groups in total. The van der Waals surface area contributed by atoms with Crippen LogP contribution in [0.5, 0.6) is 0 Å². The van der Waals surface area contributed by atoms with Crippen molar-refractivity contribution in [1.29, 1.82) is 0 Å². The van der Waals surface area contributed by atoms with Gasteiger partial charge in [0.2, 0.25) is 0 Å². The van der Waals surface area contributed by atoms with Gasteiger partial charge in [-0.25, -0.2) is 0 Å². The molecule has 5 heteroatoms. The second-order valence-electron chi connectivity index (χ2n) is 4.23. The number of benzene rings is 1. The van der Waals surface area contributed by atoms with Crippen molar-refractivity contribution in [2.75, 3.05) is 26.3 Å². The van der Waals surface area contributed by atoms with Crippen LogP contribution in [0.3, 0.4) is 0 Å². The van der Waals surface area contributed by atoms with Gasteiger partial charge in [0.1, 0.15) is 0 Å². The van der Waals surface area contributed by atoms with Crippen LogP contribution in [0.4, 0.5) is 5.69 Å². The lowest BCUT2D eigenvalue weighted by Gasteiger charge is -2.26. The zero-order chi connectivity index (χ0) is 12.3. The fourth-order valence-corrected chi connectivity index (χ4v) is 2.11. The predicted octanol–water partition coefficient (Wildman–Crippen LogP) is 1.74. The first-order valence-corrected chi connectivity index (χ1v) is 5.71. The van der Waals surface area contributed by atoms with Gasteiger partial charge in [-0.15, -0.1) is 0 Å². The zero-order valence-electron chi connectivity index (χ0n) is 9.89. The highest BCUT2D eigenvalue weighted by atomic mass is 16.6. The summed E-state index contributed by atoms with van der Waals surface area (Å²) >= 11 is 0. The number of para-hydroxylation sites is 1. The fourth-order valence-electron chi connectivity index (χ4n) is 2.11. The molecular formula is C12H16N2O3. The maximum atomic E-state index is 11.0. The van der Waals surface area contributed by atoms with E-state index in [1.807, 2.05) is 12.1 Å². The molecular weight excluding hydrogens is 220 g/mol. The highest BCUT2D eigenvalue weighted by Crippen LogP contribution is 2.24. The summed E-state index contributed by atoms with van der Waals surface area (Å²) < 4.78 is 5.26. The van der Waals surface area contributed by atoms with Gasteiger partial charge in [0.15, 0.2) is 0 Å². The van der Waals surface area contributed by atoms with Gasteiger partial charge in [-0.05, 0) is 6.92 Å². The van der Waals surface area contributed by atoms with E-state index in [1.165, 1.54) is 0 Å². The summed E-state index contributed by atoms with van der Waals surface area (Å²) in [5.74, 6) is 0. The molecule has 0 aromatic heterocycles.